The van der Waals surface area contributed by atoms with Crippen molar-refractivity contribution in [2.75, 3.05) is 12.8 Å². The summed E-state index contributed by atoms with van der Waals surface area (Å²) in [6.07, 6.45) is 0. The summed E-state index contributed by atoms with van der Waals surface area (Å²) in [5.41, 5.74) is 6.97. The van der Waals surface area contributed by atoms with Crippen LogP contribution in [0.2, 0.25) is 5.02 Å². The molecule has 2 rings (SSSR count). The van der Waals surface area contributed by atoms with Crippen LogP contribution < -0.4 is 10.5 Å². The summed E-state index contributed by atoms with van der Waals surface area (Å²) >= 11 is 9.38. The number of nitrogen functional groups attached to an aromatic ring is 1. The Balaban J connectivity index is 2.55. The van der Waals surface area contributed by atoms with E-state index in [2.05, 4.69) is 15.9 Å². The summed E-state index contributed by atoms with van der Waals surface area (Å²) in [7, 11) is 1.51. The van der Waals surface area contributed by atoms with E-state index in [1.807, 2.05) is 0 Å². The smallest absolute Gasteiger partial charge is 0.198 e. The van der Waals surface area contributed by atoms with Gasteiger partial charge in [0.25, 0.3) is 0 Å². The summed E-state index contributed by atoms with van der Waals surface area (Å²) in [4.78, 5) is 12.5. The van der Waals surface area contributed by atoms with E-state index in [9.17, 15) is 4.79 Å². The molecule has 19 heavy (non-hydrogen) atoms. The Bertz CT molecular complexity index is 643. The molecule has 0 spiro atoms. The second-order valence-electron chi connectivity index (χ2n) is 3.91. The van der Waals surface area contributed by atoms with Crippen LogP contribution in [0.15, 0.2) is 40.9 Å². The Kier molecular flexibility index (Phi) is 4.12. The Morgan fingerprint density at radius 3 is 2.63 bits per heavy atom. The molecule has 0 heterocycles. The first kappa shape index (κ1) is 13.9. The van der Waals surface area contributed by atoms with Crippen LogP contribution in [-0.2, 0) is 0 Å². The highest BCUT2D eigenvalue weighted by Gasteiger charge is 2.17. The monoisotopic (exact) mass is 339 g/mol. The van der Waals surface area contributed by atoms with Crippen molar-refractivity contribution in [1.82, 2.24) is 0 Å². The molecule has 2 N–H and O–H groups in total. The quantitative estimate of drug-likeness (QED) is 0.680. The van der Waals surface area contributed by atoms with Gasteiger partial charge in [-0.3, -0.25) is 4.79 Å². The minimum atomic E-state index is -0.226. The summed E-state index contributed by atoms with van der Waals surface area (Å²) in [5, 5.41) is 0.362. The summed E-state index contributed by atoms with van der Waals surface area (Å²) < 4.78 is 5.99. The minimum absolute atomic E-state index is 0.226. The predicted octanol–water partition coefficient (Wildman–Crippen LogP) is 3.92. The van der Waals surface area contributed by atoms with Gasteiger partial charge in [-0.2, -0.15) is 0 Å². The van der Waals surface area contributed by atoms with Crippen molar-refractivity contribution in [3.8, 4) is 5.75 Å². The van der Waals surface area contributed by atoms with Crippen LogP contribution in [-0.4, -0.2) is 12.9 Å². The van der Waals surface area contributed by atoms with E-state index in [1.165, 1.54) is 7.11 Å². The van der Waals surface area contributed by atoms with Crippen molar-refractivity contribution < 1.29 is 9.53 Å². The number of benzene rings is 2. The van der Waals surface area contributed by atoms with E-state index < -0.39 is 0 Å². The molecule has 5 heteroatoms. The highest BCUT2D eigenvalue weighted by molar-refractivity contribution is 9.10. The normalized spacial score (nSPS) is 10.3. The molecule has 0 radical (unpaired) electrons. The lowest BCUT2D eigenvalue weighted by molar-refractivity contribution is 0.103. The van der Waals surface area contributed by atoms with Gasteiger partial charge in [-0.25, -0.2) is 0 Å². The highest BCUT2D eigenvalue weighted by atomic mass is 79.9. The zero-order valence-corrected chi connectivity index (χ0v) is 12.5. The number of anilines is 1. The molecule has 0 unspecified atom stereocenters. The van der Waals surface area contributed by atoms with Crippen LogP contribution >= 0.6 is 27.5 Å². The first-order valence-electron chi connectivity index (χ1n) is 5.46. The van der Waals surface area contributed by atoms with Gasteiger partial charge < -0.3 is 10.5 Å². The van der Waals surface area contributed by atoms with Crippen LogP contribution in [0.5, 0.6) is 5.75 Å². The number of nitrogens with two attached hydrogens (primary N) is 1. The van der Waals surface area contributed by atoms with Gasteiger partial charge >= 0.3 is 0 Å². The average Bonchev–Trinajstić information content (AvgIpc) is 2.40. The lowest BCUT2D eigenvalue weighted by atomic mass is 10.0. The van der Waals surface area contributed by atoms with Crippen LogP contribution in [0.25, 0.3) is 0 Å². The molecule has 0 fully saturated rings. The number of halogens is 2. The number of ketones is 1. The van der Waals surface area contributed by atoms with E-state index in [0.717, 1.165) is 4.47 Å². The molecule has 0 aliphatic rings. The summed E-state index contributed by atoms with van der Waals surface area (Å²) in [5.74, 6) is 0.266. The van der Waals surface area contributed by atoms with Gasteiger partial charge in [0, 0.05) is 15.7 Å². The number of carbonyl (C=O) groups is 1. The Morgan fingerprint density at radius 2 is 1.95 bits per heavy atom. The van der Waals surface area contributed by atoms with Gasteiger partial charge in [0.2, 0.25) is 0 Å². The lowest BCUT2D eigenvalue weighted by Crippen LogP contribution is -2.05. The van der Waals surface area contributed by atoms with Gasteiger partial charge in [-0.1, -0.05) is 27.5 Å². The summed E-state index contributed by atoms with van der Waals surface area (Å²) in [6, 6.07) is 10.0. The van der Waals surface area contributed by atoms with Gasteiger partial charge in [0.1, 0.15) is 5.75 Å². The molecule has 0 saturated carbocycles. The number of hydrogen-bond donors (Lipinski definition) is 1. The fourth-order valence-corrected chi connectivity index (χ4v) is 2.28. The topological polar surface area (TPSA) is 52.3 Å². The van der Waals surface area contributed by atoms with Crippen molar-refractivity contribution in [2.24, 2.45) is 0 Å². The van der Waals surface area contributed by atoms with Crippen molar-refractivity contribution in [1.29, 1.82) is 0 Å². The molecular weight excluding hydrogens is 330 g/mol. The first-order chi connectivity index (χ1) is 9.02. The predicted molar refractivity (Wildman–Crippen MR) is 80.0 cm³/mol. The molecule has 0 aliphatic carbocycles. The van der Waals surface area contributed by atoms with Crippen molar-refractivity contribution >= 4 is 39.0 Å². The van der Waals surface area contributed by atoms with Gasteiger partial charge in [-0.15, -0.1) is 0 Å². The van der Waals surface area contributed by atoms with Gasteiger partial charge in [0.15, 0.2) is 5.78 Å². The number of rotatable bonds is 3. The molecule has 0 aliphatic heterocycles. The first-order valence-corrected chi connectivity index (χ1v) is 6.63. The van der Waals surface area contributed by atoms with E-state index in [-0.39, 0.29) is 5.78 Å². The van der Waals surface area contributed by atoms with Crippen LogP contribution in [0.4, 0.5) is 5.69 Å². The van der Waals surface area contributed by atoms with Crippen LogP contribution in [0, 0.1) is 0 Å². The second-order valence-corrected chi connectivity index (χ2v) is 5.24. The minimum Gasteiger partial charge on any atom is -0.496 e. The number of carbonyl (C=O) groups excluding carboxylic acids is 1. The van der Waals surface area contributed by atoms with Crippen molar-refractivity contribution in [3.63, 3.8) is 0 Å². The maximum Gasteiger partial charge on any atom is 0.198 e. The van der Waals surface area contributed by atoms with Gasteiger partial charge in [0.05, 0.1) is 17.7 Å². The number of hydrogen-bond acceptors (Lipinski definition) is 3. The third-order valence-electron chi connectivity index (χ3n) is 2.64. The third-order valence-corrected chi connectivity index (χ3v) is 3.46. The summed E-state index contributed by atoms with van der Waals surface area (Å²) in [6.45, 7) is 0. The van der Waals surface area contributed by atoms with E-state index >= 15 is 0 Å². The molecule has 3 nitrogen and oxygen atoms in total. The lowest BCUT2D eigenvalue weighted by Gasteiger charge is -2.09. The fourth-order valence-electron chi connectivity index (χ4n) is 1.72. The number of ether oxygens (including phenoxy) is 1. The van der Waals surface area contributed by atoms with Crippen LogP contribution in [0.1, 0.15) is 15.9 Å². The molecule has 98 valence electrons. The maximum atomic E-state index is 12.5. The Hall–Kier alpha value is -1.52. The second kappa shape index (κ2) is 5.63. The maximum absolute atomic E-state index is 12.5. The third kappa shape index (κ3) is 2.91. The Labute approximate surface area is 124 Å². The molecule has 0 aromatic heterocycles. The van der Waals surface area contributed by atoms with E-state index in [0.29, 0.717) is 27.6 Å². The Morgan fingerprint density at radius 1 is 1.21 bits per heavy atom. The van der Waals surface area contributed by atoms with Gasteiger partial charge in [-0.05, 0) is 36.4 Å². The molecule has 0 saturated heterocycles. The molecule has 0 amide bonds. The standard InChI is InChI=1S/C14H11BrClNO2/c1-19-13-5-2-8(15)6-11(13)14(18)10-7-9(17)3-4-12(10)16/h2-7H,17H2,1H3. The van der Waals surface area contributed by atoms with E-state index in [1.54, 1.807) is 36.4 Å². The molecule has 2 aromatic carbocycles. The fraction of sp³-hybridized carbons (Fsp3) is 0.0714. The highest BCUT2D eigenvalue weighted by Crippen LogP contribution is 2.28. The largest absolute Gasteiger partial charge is 0.496 e. The zero-order chi connectivity index (χ0) is 14.0. The van der Waals surface area contributed by atoms with Crippen molar-refractivity contribution in [3.05, 3.63) is 57.0 Å². The zero-order valence-electron chi connectivity index (χ0n) is 10.1. The van der Waals surface area contributed by atoms with Crippen molar-refractivity contribution in [2.45, 2.75) is 0 Å². The molecular formula is C14H11BrClNO2. The molecule has 0 atom stereocenters. The number of methoxy groups -OCH3 is 1. The average molecular weight is 341 g/mol. The van der Waals surface area contributed by atoms with E-state index in [4.69, 9.17) is 22.1 Å². The SMILES string of the molecule is COc1ccc(Br)cc1C(=O)c1cc(N)ccc1Cl. The molecule has 2 aromatic rings. The molecule has 0 bridgehead atoms. The van der Waals surface area contributed by atoms with Crippen LogP contribution in [0.3, 0.4) is 0 Å².